The molecule has 0 aliphatic carbocycles. The highest BCUT2D eigenvalue weighted by Gasteiger charge is 2.20. The average Bonchev–Trinajstić information content (AvgIpc) is 3.24. The van der Waals surface area contributed by atoms with E-state index in [1.54, 1.807) is 24.5 Å². The van der Waals surface area contributed by atoms with E-state index in [9.17, 15) is 9.59 Å². The van der Waals surface area contributed by atoms with Gasteiger partial charge in [-0.2, -0.15) is 0 Å². The van der Waals surface area contributed by atoms with Crippen molar-refractivity contribution in [1.82, 2.24) is 14.8 Å². The zero-order chi connectivity index (χ0) is 19.8. The number of ether oxygens (including phenoxy) is 2. The average molecular weight is 404 g/mol. The van der Waals surface area contributed by atoms with Gasteiger partial charge in [-0.15, -0.1) is 11.3 Å². The lowest BCUT2D eigenvalue weighted by atomic mass is 10.2. The van der Waals surface area contributed by atoms with Crippen molar-refractivity contribution < 1.29 is 19.1 Å². The first-order valence-corrected chi connectivity index (χ1v) is 10.2. The van der Waals surface area contributed by atoms with E-state index >= 15 is 0 Å². The molecule has 1 fully saturated rings. The second kappa shape index (κ2) is 10.3. The maximum Gasteiger partial charge on any atom is 0.348 e. The summed E-state index contributed by atoms with van der Waals surface area (Å²) in [4.78, 5) is 34.0. The lowest BCUT2D eigenvalue weighted by molar-refractivity contribution is 0.0356. The number of rotatable bonds is 8. The number of methoxy groups -OCH3 is 1. The van der Waals surface area contributed by atoms with Crippen molar-refractivity contribution in [2.24, 2.45) is 0 Å². The first kappa shape index (κ1) is 20.4. The van der Waals surface area contributed by atoms with Gasteiger partial charge in [0.2, 0.25) is 0 Å². The van der Waals surface area contributed by atoms with Crippen LogP contribution in [0, 0.1) is 0 Å². The predicted molar refractivity (Wildman–Crippen MR) is 107 cm³/mol. The van der Waals surface area contributed by atoms with Gasteiger partial charge in [0, 0.05) is 45.1 Å². The Hall–Kier alpha value is -2.29. The minimum atomic E-state index is -0.419. The number of thiophene rings is 1. The molecule has 0 aromatic carbocycles. The van der Waals surface area contributed by atoms with Crippen molar-refractivity contribution in [2.75, 3.05) is 46.5 Å². The fourth-order valence-electron chi connectivity index (χ4n) is 3.09. The van der Waals surface area contributed by atoms with Crippen molar-refractivity contribution in [1.29, 1.82) is 0 Å². The number of esters is 1. The van der Waals surface area contributed by atoms with Crippen molar-refractivity contribution in [3.05, 3.63) is 52.0 Å². The Labute approximate surface area is 168 Å². The van der Waals surface area contributed by atoms with Crippen LogP contribution in [-0.4, -0.2) is 73.2 Å². The molecule has 0 radical (unpaired) electrons. The molecule has 0 saturated carbocycles. The Morgan fingerprint density at radius 3 is 2.61 bits per heavy atom. The van der Waals surface area contributed by atoms with Gasteiger partial charge in [-0.05, 0) is 36.2 Å². The summed E-state index contributed by atoms with van der Waals surface area (Å²) in [6.07, 6.45) is 4.34. The molecule has 0 spiro atoms. The summed E-state index contributed by atoms with van der Waals surface area (Å²) in [5.74, 6) is -0.490. The third-order valence-corrected chi connectivity index (χ3v) is 5.67. The summed E-state index contributed by atoms with van der Waals surface area (Å²) in [6, 6.07) is 7.16. The third kappa shape index (κ3) is 5.60. The first-order chi connectivity index (χ1) is 13.7. The number of hydrogen-bond acceptors (Lipinski definition) is 7. The molecule has 1 amide bonds. The van der Waals surface area contributed by atoms with Gasteiger partial charge in [0.15, 0.2) is 0 Å². The van der Waals surface area contributed by atoms with Crippen molar-refractivity contribution in [3.8, 4) is 0 Å². The van der Waals surface area contributed by atoms with Gasteiger partial charge in [-0.3, -0.25) is 14.7 Å². The fourth-order valence-corrected chi connectivity index (χ4v) is 3.98. The Morgan fingerprint density at radius 1 is 1.18 bits per heavy atom. The number of pyridine rings is 1. The molecular weight excluding hydrogens is 378 g/mol. The van der Waals surface area contributed by atoms with Crippen LogP contribution in [-0.2, 0) is 16.0 Å². The molecule has 0 unspecified atom stereocenters. The molecule has 0 atom stereocenters. The smallest absolute Gasteiger partial charge is 0.348 e. The first-order valence-electron chi connectivity index (χ1n) is 9.34. The molecular formula is C20H25N3O4S. The van der Waals surface area contributed by atoms with Crippen LogP contribution in [0.15, 0.2) is 36.7 Å². The largest absolute Gasteiger partial charge is 0.465 e. The highest BCUT2D eigenvalue weighted by molar-refractivity contribution is 7.15. The molecule has 0 N–H and O–H groups in total. The van der Waals surface area contributed by atoms with Crippen LogP contribution < -0.4 is 0 Å². The highest BCUT2D eigenvalue weighted by Crippen LogP contribution is 2.20. The molecule has 3 rings (SSSR count). The second-order valence-corrected chi connectivity index (χ2v) is 7.63. The Kier molecular flexibility index (Phi) is 7.53. The highest BCUT2D eigenvalue weighted by atomic mass is 32.1. The maximum absolute atomic E-state index is 13.1. The molecule has 3 heterocycles. The number of amides is 1. The zero-order valence-electron chi connectivity index (χ0n) is 16.0. The summed E-state index contributed by atoms with van der Waals surface area (Å²) in [6.45, 7) is 5.50. The van der Waals surface area contributed by atoms with Crippen LogP contribution in [0.1, 0.15) is 31.3 Å². The van der Waals surface area contributed by atoms with E-state index in [0.717, 1.165) is 44.8 Å². The van der Waals surface area contributed by atoms with E-state index < -0.39 is 5.97 Å². The number of aromatic nitrogens is 1. The quantitative estimate of drug-likeness (QED) is 0.630. The van der Waals surface area contributed by atoms with E-state index in [2.05, 4.69) is 9.88 Å². The number of morpholine rings is 1. The maximum atomic E-state index is 13.1. The summed E-state index contributed by atoms with van der Waals surface area (Å²) < 4.78 is 10.1. The Morgan fingerprint density at radius 2 is 1.89 bits per heavy atom. The lowest BCUT2D eigenvalue weighted by Gasteiger charge is -2.28. The van der Waals surface area contributed by atoms with E-state index in [0.29, 0.717) is 22.8 Å². The van der Waals surface area contributed by atoms with Crippen LogP contribution in [0.2, 0.25) is 0 Å². The topological polar surface area (TPSA) is 72.0 Å². The number of carbonyl (C=O) groups is 2. The molecule has 2 aromatic heterocycles. The summed E-state index contributed by atoms with van der Waals surface area (Å²) in [5.41, 5.74) is 1.03. The number of hydrogen-bond donors (Lipinski definition) is 0. The SMILES string of the molecule is COC(=O)c1ccc(C(=O)N(CCCN2CCOCC2)Cc2ccncc2)s1. The van der Waals surface area contributed by atoms with Crippen LogP contribution in [0.5, 0.6) is 0 Å². The zero-order valence-corrected chi connectivity index (χ0v) is 16.8. The van der Waals surface area contributed by atoms with E-state index in [4.69, 9.17) is 9.47 Å². The minimum Gasteiger partial charge on any atom is -0.465 e. The van der Waals surface area contributed by atoms with E-state index in [-0.39, 0.29) is 5.91 Å². The van der Waals surface area contributed by atoms with Gasteiger partial charge in [0.05, 0.1) is 25.2 Å². The van der Waals surface area contributed by atoms with Crippen LogP contribution >= 0.6 is 11.3 Å². The van der Waals surface area contributed by atoms with Crippen molar-refractivity contribution >= 4 is 23.2 Å². The van der Waals surface area contributed by atoms with E-state index in [1.165, 1.54) is 18.4 Å². The Bertz CT molecular complexity index is 775. The van der Waals surface area contributed by atoms with Crippen molar-refractivity contribution in [3.63, 3.8) is 0 Å². The standard InChI is InChI=1S/C20H25N3O4S/c1-26-20(25)18-4-3-17(28-18)19(24)23(15-16-5-7-21-8-6-16)10-2-9-22-11-13-27-14-12-22/h3-8H,2,9-15H2,1H3. The molecule has 8 heteroatoms. The summed E-state index contributed by atoms with van der Waals surface area (Å²) in [5, 5.41) is 0. The predicted octanol–water partition coefficient (Wildman–Crippen LogP) is 2.29. The number of nitrogens with zero attached hydrogens (tertiary/aromatic N) is 3. The van der Waals surface area contributed by atoms with Gasteiger partial charge in [-0.1, -0.05) is 0 Å². The van der Waals surface area contributed by atoms with Crippen LogP contribution in [0.4, 0.5) is 0 Å². The molecule has 7 nitrogen and oxygen atoms in total. The normalized spacial score (nSPS) is 14.6. The van der Waals surface area contributed by atoms with Gasteiger partial charge < -0.3 is 14.4 Å². The molecule has 2 aromatic rings. The molecule has 1 aliphatic heterocycles. The lowest BCUT2D eigenvalue weighted by Crippen LogP contribution is -2.39. The number of carbonyl (C=O) groups excluding carboxylic acids is 2. The van der Waals surface area contributed by atoms with Gasteiger partial charge in [-0.25, -0.2) is 4.79 Å². The molecule has 150 valence electrons. The monoisotopic (exact) mass is 403 g/mol. The molecule has 28 heavy (non-hydrogen) atoms. The summed E-state index contributed by atoms with van der Waals surface area (Å²) >= 11 is 1.17. The van der Waals surface area contributed by atoms with Crippen molar-refractivity contribution in [2.45, 2.75) is 13.0 Å². The second-order valence-electron chi connectivity index (χ2n) is 6.55. The van der Waals surface area contributed by atoms with Crippen LogP contribution in [0.3, 0.4) is 0 Å². The van der Waals surface area contributed by atoms with Gasteiger partial charge >= 0.3 is 5.97 Å². The molecule has 0 bridgehead atoms. The van der Waals surface area contributed by atoms with E-state index in [1.807, 2.05) is 17.0 Å². The molecule has 1 saturated heterocycles. The van der Waals surface area contributed by atoms with Gasteiger partial charge in [0.1, 0.15) is 4.88 Å². The minimum absolute atomic E-state index is 0.0704. The Balaban J connectivity index is 1.66. The molecule has 1 aliphatic rings. The summed E-state index contributed by atoms with van der Waals surface area (Å²) in [7, 11) is 1.34. The fraction of sp³-hybridized carbons (Fsp3) is 0.450. The van der Waals surface area contributed by atoms with Gasteiger partial charge in [0.25, 0.3) is 5.91 Å². The third-order valence-electron chi connectivity index (χ3n) is 4.62. The van der Waals surface area contributed by atoms with Crippen LogP contribution in [0.25, 0.3) is 0 Å².